The number of benzene rings is 2. The van der Waals surface area contributed by atoms with E-state index in [4.69, 9.17) is 9.84 Å². The third-order valence-electron chi connectivity index (χ3n) is 3.47. The molecule has 0 unspecified atom stereocenters. The lowest BCUT2D eigenvalue weighted by molar-refractivity contribution is 0.0701. The summed E-state index contributed by atoms with van der Waals surface area (Å²) in [6.45, 7) is 3.52. The number of halogens is 1. The summed E-state index contributed by atoms with van der Waals surface area (Å²) < 4.78 is 19.3. The number of nitrogens with zero attached hydrogens (tertiary/aromatic N) is 1. The molecule has 0 atom stereocenters. The molecule has 0 aliphatic carbocycles. The minimum absolute atomic E-state index is 0.159. The van der Waals surface area contributed by atoms with E-state index >= 15 is 0 Å². The van der Waals surface area contributed by atoms with Gasteiger partial charge in [-0.1, -0.05) is 12.1 Å². The largest absolute Gasteiger partial charge is 0.477 e. The summed E-state index contributed by atoms with van der Waals surface area (Å²) in [5.41, 5.74) is 2.10. The fourth-order valence-corrected chi connectivity index (χ4v) is 3.16. The number of carbonyl (C=O) groups is 1. The molecule has 0 saturated heterocycles. The quantitative estimate of drug-likeness (QED) is 0.719. The lowest BCUT2D eigenvalue weighted by atomic mass is 10.1. The normalized spacial score (nSPS) is 10.6. The van der Waals surface area contributed by atoms with Crippen LogP contribution in [0, 0.1) is 19.7 Å². The summed E-state index contributed by atoms with van der Waals surface area (Å²) in [4.78, 5) is 15.7. The minimum Gasteiger partial charge on any atom is -0.477 e. The first-order chi connectivity index (χ1) is 11.5. The first-order valence-electron chi connectivity index (χ1n) is 7.20. The molecule has 3 aromatic rings. The molecule has 0 bridgehead atoms. The highest BCUT2D eigenvalue weighted by atomic mass is 32.1. The molecule has 0 aliphatic rings. The Bertz CT molecular complexity index is 920. The second-order valence-electron chi connectivity index (χ2n) is 5.25. The van der Waals surface area contributed by atoms with Crippen LogP contribution in [0.15, 0.2) is 42.5 Å². The van der Waals surface area contributed by atoms with Crippen LogP contribution in [0.2, 0.25) is 0 Å². The zero-order valence-electron chi connectivity index (χ0n) is 13.0. The third-order valence-corrected chi connectivity index (χ3v) is 4.66. The fourth-order valence-electron chi connectivity index (χ4n) is 2.26. The van der Waals surface area contributed by atoms with E-state index in [1.54, 1.807) is 37.3 Å². The van der Waals surface area contributed by atoms with Gasteiger partial charge in [0.05, 0.1) is 5.69 Å². The number of thiazole rings is 1. The van der Waals surface area contributed by atoms with Crippen molar-refractivity contribution in [3.05, 3.63) is 64.4 Å². The zero-order chi connectivity index (χ0) is 17.3. The van der Waals surface area contributed by atoms with Crippen LogP contribution in [0.1, 0.15) is 20.9 Å². The SMILES string of the molecule is Cc1cc(-c2nc(C)c(C(=O)O)s2)ccc1Oc1ccccc1F. The number of para-hydroxylation sites is 1. The molecule has 4 nitrogen and oxygen atoms in total. The van der Waals surface area contributed by atoms with E-state index in [9.17, 15) is 9.18 Å². The van der Waals surface area contributed by atoms with Crippen LogP contribution < -0.4 is 4.74 Å². The van der Waals surface area contributed by atoms with Crippen LogP contribution in [0.5, 0.6) is 11.5 Å². The van der Waals surface area contributed by atoms with Gasteiger partial charge in [0.15, 0.2) is 11.6 Å². The number of aryl methyl sites for hydroxylation is 2. The van der Waals surface area contributed by atoms with Gasteiger partial charge in [0.1, 0.15) is 15.6 Å². The Hall–Kier alpha value is -2.73. The summed E-state index contributed by atoms with van der Waals surface area (Å²) in [6.07, 6.45) is 0. The minimum atomic E-state index is -0.979. The highest BCUT2D eigenvalue weighted by molar-refractivity contribution is 7.17. The molecule has 3 rings (SSSR count). The van der Waals surface area contributed by atoms with Crippen molar-refractivity contribution in [1.82, 2.24) is 4.98 Å². The number of hydrogen-bond acceptors (Lipinski definition) is 4. The maximum Gasteiger partial charge on any atom is 0.347 e. The van der Waals surface area contributed by atoms with E-state index in [0.717, 1.165) is 22.5 Å². The summed E-state index contributed by atoms with van der Waals surface area (Å²) in [5, 5.41) is 9.76. The summed E-state index contributed by atoms with van der Waals surface area (Å²) in [5.74, 6) is -0.711. The molecule has 6 heteroatoms. The first-order valence-corrected chi connectivity index (χ1v) is 8.01. The van der Waals surface area contributed by atoms with E-state index < -0.39 is 11.8 Å². The van der Waals surface area contributed by atoms with Crippen molar-refractivity contribution in [2.24, 2.45) is 0 Å². The Kier molecular flexibility index (Phi) is 4.31. The van der Waals surface area contributed by atoms with E-state index in [1.165, 1.54) is 6.07 Å². The smallest absolute Gasteiger partial charge is 0.347 e. The predicted octanol–water partition coefficient (Wildman–Crippen LogP) is 5.06. The molecule has 2 aromatic carbocycles. The van der Waals surface area contributed by atoms with Gasteiger partial charge in [-0.2, -0.15) is 0 Å². The monoisotopic (exact) mass is 343 g/mol. The number of ether oxygens (including phenoxy) is 1. The van der Waals surface area contributed by atoms with Gasteiger partial charge in [0.2, 0.25) is 0 Å². The number of carboxylic acids is 1. The Labute approximate surface area is 142 Å². The molecule has 0 spiro atoms. The molecule has 1 N–H and O–H groups in total. The van der Waals surface area contributed by atoms with E-state index in [-0.39, 0.29) is 10.6 Å². The van der Waals surface area contributed by atoms with Crippen LogP contribution in [0.25, 0.3) is 10.6 Å². The lowest BCUT2D eigenvalue weighted by Crippen LogP contribution is -1.94. The maximum atomic E-state index is 13.7. The van der Waals surface area contributed by atoms with Crippen molar-refractivity contribution in [2.75, 3.05) is 0 Å². The molecule has 1 heterocycles. The number of hydrogen-bond donors (Lipinski definition) is 1. The van der Waals surface area contributed by atoms with Crippen molar-refractivity contribution >= 4 is 17.3 Å². The Morgan fingerprint density at radius 3 is 2.54 bits per heavy atom. The molecule has 0 fully saturated rings. The van der Waals surface area contributed by atoms with E-state index in [1.807, 2.05) is 13.0 Å². The topological polar surface area (TPSA) is 59.4 Å². The number of aromatic nitrogens is 1. The second-order valence-corrected chi connectivity index (χ2v) is 6.25. The average molecular weight is 343 g/mol. The highest BCUT2D eigenvalue weighted by Crippen LogP contribution is 2.33. The Balaban J connectivity index is 1.91. The number of aromatic carboxylic acids is 1. The Morgan fingerprint density at radius 1 is 1.17 bits per heavy atom. The van der Waals surface area contributed by atoms with Crippen molar-refractivity contribution in [2.45, 2.75) is 13.8 Å². The van der Waals surface area contributed by atoms with Crippen LogP contribution in [0.4, 0.5) is 4.39 Å². The third kappa shape index (κ3) is 3.14. The average Bonchev–Trinajstić information content (AvgIpc) is 2.93. The van der Waals surface area contributed by atoms with Gasteiger partial charge in [-0.05, 0) is 49.7 Å². The fraction of sp³-hybridized carbons (Fsp3) is 0.111. The molecule has 122 valence electrons. The van der Waals surface area contributed by atoms with Crippen molar-refractivity contribution in [3.63, 3.8) is 0 Å². The van der Waals surface area contributed by atoms with Crippen molar-refractivity contribution in [1.29, 1.82) is 0 Å². The standard InChI is InChI=1S/C18H14FNO3S/c1-10-9-12(17-20-11(2)16(24-17)18(21)22)7-8-14(10)23-15-6-4-3-5-13(15)19/h3-9H,1-2H3,(H,21,22). The molecular formula is C18H14FNO3S. The predicted molar refractivity (Wildman–Crippen MR) is 90.5 cm³/mol. The van der Waals surface area contributed by atoms with Crippen LogP contribution in [-0.4, -0.2) is 16.1 Å². The first kappa shape index (κ1) is 16.1. The molecule has 0 radical (unpaired) electrons. The molecular weight excluding hydrogens is 329 g/mol. The molecule has 1 aromatic heterocycles. The van der Waals surface area contributed by atoms with E-state index in [2.05, 4.69) is 4.98 Å². The van der Waals surface area contributed by atoms with Gasteiger partial charge in [-0.25, -0.2) is 14.2 Å². The summed E-state index contributed by atoms with van der Waals surface area (Å²) >= 11 is 1.13. The van der Waals surface area contributed by atoms with Gasteiger partial charge in [0, 0.05) is 5.56 Å². The van der Waals surface area contributed by atoms with E-state index in [0.29, 0.717) is 16.5 Å². The summed E-state index contributed by atoms with van der Waals surface area (Å²) in [7, 11) is 0. The van der Waals surface area contributed by atoms with Gasteiger partial charge in [0.25, 0.3) is 0 Å². The maximum absolute atomic E-state index is 13.7. The second kappa shape index (κ2) is 6.41. The molecule has 0 aliphatic heterocycles. The van der Waals surface area contributed by atoms with Crippen LogP contribution in [0.3, 0.4) is 0 Å². The van der Waals surface area contributed by atoms with Crippen LogP contribution >= 0.6 is 11.3 Å². The van der Waals surface area contributed by atoms with Crippen molar-refractivity contribution in [3.8, 4) is 22.1 Å². The van der Waals surface area contributed by atoms with Gasteiger partial charge in [-0.3, -0.25) is 0 Å². The summed E-state index contributed by atoms with van der Waals surface area (Å²) in [6, 6.07) is 11.6. The number of rotatable bonds is 4. The van der Waals surface area contributed by atoms with Gasteiger partial charge >= 0.3 is 5.97 Å². The van der Waals surface area contributed by atoms with Gasteiger partial charge < -0.3 is 9.84 Å². The zero-order valence-corrected chi connectivity index (χ0v) is 13.9. The highest BCUT2D eigenvalue weighted by Gasteiger charge is 2.16. The Morgan fingerprint density at radius 2 is 1.92 bits per heavy atom. The van der Waals surface area contributed by atoms with Crippen LogP contribution in [-0.2, 0) is 0 Å². The molecule has 0 saturated carbocycles. The number of carboxylic acid groups (broad SMARTS) is 1. The molecule has 0 amide bonds. The molecule has 24 heavy (non-hydrogen) atoms. The lowest BCUT2D eigenvalue weighted by Gasteiger charge is -2.10. The van der Waals surface area contributed by atoms with Crippen molar-refractivity contribution < 1.29 is 19.0 Å². The van der Waals surface area contributed by atoms with Gasteiger partial charge in [-0.15, -0.1) is 11.3 Å².